The van der Waals surface area contributed by atoms with Crippen molar-refractivity contribution in [3.05, 3.63) is 102 Å². The first-order valence-electron chi connectivity index (χ1n) is 9.53. The van der Waals surface area contributed by atoms with E-state index >= 15 is 0 Å². The Morgan fingerprint density at radius 3 is 1.97 bits per heavy atom. The van der Waals surface area contributed by atoms with Crippen molar-refractivity contribution in [2.24, 2.45) is 0 Å². The van der Waals surface area contributed by atoms with Crippen LogP contribution in [0.2, 0.25) is 0 Å². The Labute approximate surface area is 171 Å². The topological polar surface area (TPSA) is 59.5 Å². The fraction of sp³-hybridized carbons (Fsp3) is 0.208. The number of carbonyl (C=O) groups is 2. The van der Waals surface area contributed by atoms with Gasteiger partial charge in [-0.05, 0) is 28.8 Å². The molecule has 0 radical (unpaired) electrons. The summed E-state index contributed by atoms with van der Waals surface area (Å²) >= 11 is 0. The fourth-order valence-electron chi connectivity index (χ4n) is 3.26. The molecule has 1 aromatic heterocycles. The maximum absolute atomic E-state index is 13.7. The Morgan fingerprint density at radius 1 is 0.897 bits per heavy atom. The van der Waals surface area contributed by atoms with E-state index < -0.39 is 5.92 Å². The number of nitrogens with zero attached hydrogens (tertiary/aromatic N) is 2. The number of methoxy groups -OCH3 is 1. The molecule has 3 aromatic rings. The number of hydrogen-bond donors (Lipinski definition) is 0. The maximum Gasteiger partial charge on any atom is 0.307 e. The van der Waals surface area contributed by atoms with E-state index in [-0.39, 0.29) is 24.8 Å². The summed E-state index contributed by atoms with van der Waals surface area (Å²) in [5.41, 5.74) is 2.79. The van der Waals surface area contributed by atoms with E-state index in [0.29, 0.717) is 6.54 Å². The maximum atomic E-state index is 13.7. The molecule has 0 unspecified atom stereocenters. The molecule has 0 saturated heterocycles. The molecule has 2 aromatic carbocycles. The monoisotopic (exact) mass is 388 g/mol. The Bertz CT molecular complexity index is 875. The minimum absolute atomic E-state index is 0.0527. The van der Waals surface area contributed by atoms with E-state index in [2.05, 4.69) is 4.98 Å². The molecule has 0 fully saturated rings. The van der Waals surface area contributed by atoms with Gasteiger partial charge in [0.25, 0.3) is 0 Å². The van der Waals surface area contributed by atoms with Crippen molar-refractivity contribution < 1.29 is 14.3 Å². The van der Waals surface area contributed by atoms with Crippen LogP contribution in [0.4, 0.5) is 0 Å². The van der Waals surface area contributed by atoms with Crippen LogP contribution < -0.4 is 0 Å². The molecule has 0 N–H and O–H groups in total. The first kappa shape index (κ1) is 20.3. The lowest BCUT2D eigenvalue weighted by molar-refractivity contribution is -0.142. The van der Waals surface area contributed by atoms with Crippen molar-refractivity contribution in [3.63, 3.8) is 0 Å². The van der Waals surface area contributed by atoms with Gasteiger partial charge in [-0.3, -0.25) is 14.6 Å². The highest BCUT2D eigenvalue weighted by atomic mass is 16.5. The summed E-state index contributed by atoms with van der Waals surface area (Å²) in [4.78, 5) is 31.2. The number of pyridine rings is 1. The van der Waals surface area contributed by atoms with E-state index in [9.17, 15) is 9.59 Å². The average molecular weight is 388 g/mol. The van der Waals surface area contributed by atoms with Gasteiger partial charge >= 0.3 is 5.97 Å². The molecule has 0 atom stereocenters. The molecular weight excluding hydrogens is 364 g/mol. The number of benzene rings is 2. The van der Waals surface area contributed by atoms with Crippen molar-refractivity contribution in [3.8, 4) is 0 Å². The van der Waals surface area contributed by atoms with Gasteiger partial charge in [-0.2, -0.15) is 0 Å². The van der Waals surface area contributed by atoms with Crippen molar-refractivity contribution >= 4 is 11.9 Å². The molecule has 0 bridgehead atoms. The molecule has 29 heavy (non-hydrogen) atoms. The number of carbonyl (C=O) groups excluding carboxylic acids is 2. The van der Waals surface area contributed by atoms with Gasteiger partial charge < -0.3 is 9.64 Å². The van der Waals surface area contributed by atoms with E-state index in [1.165, 1.54) is 7.11 Å². The second-order valence-corrected chi connectivity index (χ2v) is 6.70. The lowest BCUT2D eigenvalue weighted by Gasteiger charge is -2.28. The van der Waals surface area contributed by atoms with Crippen LogP contribution in [0, 0.1) is 0 Å². The molecule has 5 heteroatoms. The number of hydrogen-bond acceptors (Lipinski definition) is 4. The standard InChI is InChI=1S/C24H24N2O3/c1-29-22(27)14-17-26(18-19-12-15-25-16-13-19)24(28)23(20-8-4-2-5-9-20)21-10-6-3-7-11-21/h2-13,15-16,23H,14,17-18H2,1H3. The number of ether oxygens (including phenoxy) is 1. The summed E-state index contributed by atoms with van der Waals surface area (Å²) < 4.78 is 4.77. The minimum atomic E-state index is -0.447. The number of amides is 1. The SMILES string of the molecule is COC(=O)CCN(Cc1ccncc1)C(=O)C(c1ccccc1)c1ccccc1. The molecule has 1 amide bonds. The van der Waals surface area contributed by atoms with Crippen molar-refractivity contribution in [2.75, 3.05) is 13.7 Å². The lowest BCUT2D eigenvalue weighted by atomic mass is 9.90. The van der Waals surface area contributed by atoms with Crippen LogP contribution in [-0.4, -0.2) is 35.4 Å². The van der Waals surface area contributed by atoms with E-state index in [1.54, 1.807) is 17.3 Å². The van der Waals surface area contributed by atoms with Crippen molar-refractivity contribution in [2.45, 2.75) is 18.9 Å². The third kappa shape index (κ3) is 5.51. The molecule has 0 saturated carbocycles. The van der Waals surface area contributed by atoms with Crippen LogP contribution >= 0.6 is 0 Å². The molecule has 0 aliphatic rings. The van der Waals surface area contributed by atoms with Gasteiger partial charge in [0, 0.05) is 25.5 Å². The van der Waals surface area contributed by atoms with Crippen LogP contribution in [0.1, 0.15) is 29.0 Å². The Balaban J connectivity index is 1.94. The van der Waals surface area contributed by atoms with Crippen LogP contribution in [0.15, 0.2) is 85.2 Å². The predicted octanol–water partition coefficient (Wildman–Crippen LogP) is 3.81. The molecule has 0 aliphatic heterocycles. The zero-order valence-corrected chi connectivity index (χ0v) is 16.4. The van der Waals surface area contributed by atoms with Gasteiger partial charge in [0.05, 0.1) is 19.4 Å². The zero-order chi connectivity index (χ0) is 20.5. The van der Waals surface area contributed by atoms with Gasteiger partial charge in [0.2, 0.25) is 5.91 Å². The van der Waals surface area contributed by atoms with Gasteiger partial charge in [-0.25, -0.2) is 0 Å². The van der Waals surface area contributed by atoms with E-state index in [4.69, 9.17) is 4.74 Å². The molecule has 3 rings (SSSR count). The largest absolute Gasteiger partial charge is 0.469 e. The predicted molar refractivity (Wildman–Crippen MR) is 111 cm³/mol. The third-order valence-corrected chi connectivity index (χ3v) is 4.76. The normalized spacial score (nSPS) is 10.6. The van der Waals surface area contributed by atoms with Crippen molar-refractivity contribution in [1.82, 2.24) is 9.88 Å². The van der Waals surface area contributed by atoms with Gasteiger partial charge in [-0.1, -0.05) is 60.7 Å². The molecule has 0 spiro atoms. The first-order valence-corrected chi connectivity index (χ1v) is 9.53. The molecule has 148 valence electrons. The second-order valence-electron chi connectivity index (χ2n) is 6.70. The lowest BCUT2D eigenvalue weighted by Crippen LogP contribution is -2.37. The second kappa shape index (κ2) is 10.2. The summed E-state index contributed by atoms with van der Waals surface area (Å²) in [6.07, 6.45) is 3.54. The first-order chi connectivity index (χ1) is 14.2. The van der Waals surface area contributed by atoms with Crippen LogP contribution in [0.3, 0.4) is 0 Å². The van der Waals surface area contributed by atoms with Crippen LogP contribution in [-0.2, 0) is 20.9 Å². The highest BCUT2D eigenvalue weighted by Gasteiger charge is 2.28. The highest BCUT2D eigenvalue weighted by molar-refractivity contribution is 5.87. The van der Waals surface area contributed by atoms with Crippen LogP contribution in [0.25, 0.3) is 0 Å². The van der Waals surface area contributed by atoms with E-state index in [0.717, 1.165) is 16.7 Å². The highest BCUT2D eigenvalue weighted by Crippen LogP contribution is 2.27. The number of rotatable bonds is 8. The summed E-state index contributed by atoms with van der Waals surface area (Å²) in [6, 6.07) is 23.2. The Morgan fingerprint density at radius 2 is 1.45 bits per heavy atom. The molecule has 0 aliphatic carbocycles. The molecule has 1 heterocycles. The van der Waals surface area contributed by atoms with Gasteiger partial charge in [-0.15, -0.1) is 0 Å². The molecular formula is C24H24N2O3. The molecule has 5 nitrogen and oxygen atoms in total. The Hall–Kier alpha value is -3.47. The van der Waals surface area contributed by atoms with Crippen LogP contribution in [0.5, 0.6) is 0 Å². The number of esters is 1. The fourth-order valence-corrected chi connectivity index (χ4v) is 3.26. The average Bonchev–Trinajstić information content (AvgIpc) is 2.78. The zero-order valence-electron chi connectivity index (χ0n) is 16.4. The minimum Gasteiger partial charge on any atom is -0.469 e. The third-order valence-electron chi connectivity index (χ3n) is 4.76. The quantitative estimate of drug-likeness (QED) is 0.551. The van der Waals surface area contributed by atoms with E-state index in [1.807, 2.05) is 72.8 Å². The number of aromatic nitrogens is 1. The van der Waals surface area contributed by atoms with Crippen molar-refractivity contribution in [1.29, 1.82) is 0 Å². The summed E-state index contributed by atoms with van der Waals surface area (Å²) in [6.45, 7) is 0.679. The van der Waals surface area contributed by atoms with Gasteiger partial charge in [0.1, 0.15) is 0 Å². The smallest absolute Gasteiger partial charge is 0.307 e. The Kier molecular flexibility index (Phi) is 7.11. The summed E-state index contributed by atoms with van der Waals surface area (Å²) in [5, 5.41) is 0. The summed E-state index contributed by atoms with van der Waals surface area (Å²) in [5.74, 6) is -0.839. The summed E-state index contributed by atoms with van der Waals surface area (Å²) in [7, 11) is 1.36. The van der Waals surface area contributed by atoms with Gasteiger partial charge in [0.15, 0.2) is 0 Å².